The van der Waals surface area contributed by atoms with Gasteiger partial charge in [-0.3, -0.25) is 9.36 Å². The minimum atomic E-state index is -0.00809. The van der Waals surface area contributed by atoms with Crippen molar-refractivity contribution in [3.05, 3.63) is 51.7 Å². The van der Waals surface area contributed by atoms with Gasteiger partial charge in [-0.25, -0.2) is 0 Å². The quantitative estimate of drug-likeness (QED) is 0.588. The molecule has 0 radical (unpaired) electrons. The van der Waals surface area contributed by atoms with E-state index in [4.69, 9.17) is 0 Å². The van der Waals surface area contributed by atoms with Crippen molar-refractivity contribution in [2.45, 2.75) is 45.4 Å². The molecule has 142 valence electrons. The second kappa shape index (κ2) is 8.71. The second-order valence-electron chi connectivity index (χ2n) is 6.65. The van der Waals surface area contributed by atoms with Crippen LogP contribution in [-0.2, 0) is 11.3 Å². The van der Waals surface area contributed by atoms with Crippen LogP contribution in [0.25, 0.3) is 11.4 Å². The topological polar surface area (TPSA) is 59.8 Å². The van der Waals surface area contributed by atoms with Crippen LogP contribution < -0.4 is 5.32 Å². The predicted molar refractivity (Wildman–Crippen MR) is 112 cm³/mol. The van der Waals surface area contributed by atoms with Crippen LogP contribution in [0.4, 0.5) is 0 Å². The van der Waals surface area contributed by atoms with Crippen LogP contribution in [0.2, 0.25) is 0 Å². The zero-order valence-corrected chi connectivity index (χ0v) is 17.7. The van der Waals surface area contributed by atoms with Crippen LogP contribution in [0.5, 0.6) is 0 Å². The predicted octanol–water partition coefficient (Wildman–Crippen LogP) is 4.61. The fraction of sp³-hybridized carbons (Fsp3) is 0.350. The molecule has 1 amide bonds. The summed E-state index contributed by atoms with van der Waals surface area (Å²) in [4.78, 5) is 13.5. The van der Waals surface area contributed by atoms with Gasteiger partial charge in [0.2, 0.25) is 5.91 Å². The summed E-state index contributed by atoms with van der Waals surface area (Å²) in [6.07, 6.45) is 0. The lowest BCUT2D eigenvalue weighted by atomic mass is 10.1. The number of amides is 1. The van der Waals surface area contributed by atoms with Crippen molar-refractivity contribution in [3.63, 3.8) is 0 Å². The highest BCUT2D eigenvalue weighted by molar-refractivity contribution is 7.99. The molecule has 2 aromatic heterocycles. The molecule has 1 N–H and O–H groups in total. The van der Waals surface area contributed by atoms with Crippen LogP contribution >= 0.6 is 23.1 Å². The van der Waals surface area contributed by atoms with E-state index in [1.54, 1.807) is 11.3 Å². The number of hydrogen-bond acceptors (Lipinski definition) is 5. The first-order chi connectivity index (χ1) is 13.0. The molecule has 0 aliphatic rings. The molecular weight excluding hydrogens is 376 g/mol. The van der Waals surface area contributed by atoms with E-state index in [0.29, 0.717) is 12.3 Å². The van der Waals surface area contributed by atoms with Gasteiger partial charge in [0.15, 0.2) is 11.0 Å². The fourth-order valence-corrected chi connectivity index (χ4v) is 4.50. The molecule has 3 aromatic rings. The molecule has 0 bridgehead atoms. The summed E-state index contributed by atoms with van der Waals surface area (Å²) >= 11 is 3.15. The molecule has 27 heavy (non-hydrogen) atoms. The number of aryl methyl sites for hydroxylation is 1. The second-order valence-corrected chi connectivity index (χ2v) is 8.68. The van der Waals surface area contributed by atoms with Crippen LogP contribution in [0.3, 0.4) is 0 Å². The first kappa shape index (κ1) is 19.6. The molecule has 0 aliphatic heterocycles. The van der Waals surface area contributed by atoms with Crippen molar-refractivity contribution in [2.24, 2.45) is 0 Å². The minimum Gasteiger partial charge on any atom is -0.351 e. The number of rotatable bonds is 7. The number of hydrogen-bond donors (Lipinski definition) is 1. The van der Waals surface area contributed by atoms with E-state index < -0.39 is 0 Å². The maximum atomic E-state index is 12.2. The Morgan fingerprint density at radius 1 is 1.22 bits per heavy atom. The molecule has 3 rings (SSSR count). The molecule has 0 spiro atoms. The molecule has 1 aromatic carbocycles. The molecule has 0 fully saturated rings. The van der Waals surface area contributed by atoms with Crippen LogP contribution in [0, 0.1) is 13.8 Å². The highest BCUT2D eigenvalue weighted by atomic mass is 32.2. The zero-order valence-electron chi connectivity index (χ0n) is 16.0. The van der Waals surface area contributed by atoms with E-state index in [9.17, 15) is 4.79 Å². The van der Waals surface area contributed by atoms with Gasteiger partial charge >= 0.3 is 0 Å². The largest absolute Gasteiger partial charge is 0.351 e. The Kier molecular flexibility index (Phi) is 6.34. The van der Waals surface area contributed by atoms with Gasteiger partial charge in [-0.2, -0.15) is 0 Å². The third-order valence-corrected chi connectivity index (χ3v) is 6.33. The minimum absolute atomic E-state index is 0.00809. The molecule has 0 saturated carbocycles. The Bertz CT molecular complexity index is 915. The maximum Gasteiger partial charge on any atom is 0.230 e. The van der Waals surface area contributed by atoms with Crippen molar-refractivity contribution in [3.8, 4) is 11.4 Å². The Labute approximate surface area is 168 Å². The molecule has 0 unspecified atom stereocenters. The van der Waals surface area contributed by atoms with E-state index in [1.807, 2.05) is 30.3 Å². The first-order valence-corrected chi connectivity index (χ1v) is 10.8. The Hall–Kier alpha value is -2.12. The van der Waals surface area contributed by atoms with Gasteiger partial charge in [-0.15, -0.1) is 21.5 Å². The monoisotopic (exact) mass is 400 g/mol. The van der Waals surface area contributed by atoms with Crippen LogP contribution in [0.15, 0.2) is 40.9 Å². The lowest BCUT2D eigenvalue weighted by Gasteiger charge is -2.13. The number of nitrogens with one attached hydrogen (secondary N) is 1. The van der Waals surface area contributed by atoms with Crippen molar-refractivity contribution in [1.29, 1.82) is 0 Å². The number of benzene rings is 1. The lowest BCUT2D eigenvalue weighted by Crippen LogP contribution is -2.24. The highest BCUT2D eigenvalue weighted by Crippen LogP contribution is 2.33. The van der Waals surface area contributed by atoms with Crippen molar-refractivity contribution >= 4 is 29.0 Å². The van der Waals surface area contributed by atoms with Gasteiger partial charge in [-0.1, -0.05) is 42.1 Å². The third kappa shape index (κ3) is 4.59. The van der Waals surface area contributed by atoms with Gasteiger partial charge in [0.05, 0.1) is 5.75 Å². The van der Waals surface area contributed by atoms with Crippen LogP contribution in [-0.4, -0.2) is 26.4 Å². The van der Waals surface area contributed by atoms with Gasteiger partial charge in [0.25, 0.3) is 0 Å². The van der Waals surface area contributed by atoms with Crippen molar-refractivity contribution in [2.75, 3.05) is 5.75 Å². The van der Waals surface area contributed by atoms with E-state index in [-0.39, 0.29) is 11.9 Å². The Morgan fingerprint density at radius 3 is 2.59 bits per heavy atom. The maximum absolute atomic E-state index is 12.2. The number of aromatic nitrogens is 3. The Morgan fingerprint density at radius 2 is 1.96 bits per heavy atom. The van der Waals surface area contributed by atoms with Gasteiger partial charge in [0, 0.05) is 28.4 Å². The summed E-state index contributed by atoms with van der Waals surface area (Å²) in [7, 11) is 0. The Balaban J connectivity index is 1.68. The molecule has 0 aliphatic carbocycles. The molecule has 7 heteroatoms. The average molecular weight is 401 g/mol. The van der Waals surface area contributed by atoms with E-state index in [1.165, 1.54) is 22.2 Å². The fourth-order valence-electron chi connectivity index (χ4n) is 2.74. The number of carbonyl (C=O) groups is 1. The van der Waals surface area contributed by atoms with E-state index in [0.717, 1.165) is 22.1 Å². The number of thiophene rings is 1. The zero-order chi connectivity index (χ0) is 19.4. The SMILES string of the molecule is Cc1scc(-c2nnc(SCC(=O)NCc3ccccc3)n2C(C)C)c1C. The van der Waals surface area contributed by atoms with E-state index >= 15 is 0 Å². The van der Waals surface area contributed by atoms with Gasteiger partial charge < -0.3 is 5.32 Å². The molecule has 0 atom stereocenters. The van der Waals surface area contributed by atoms with Crippen molar-refractivity contribution < 1.29 is 4.79 Å². The smallest absolute Gasteiger partial charge is 0.230 e. The van der Waals surface area contributed by atoms with Gasteiger partial charge in [0.1, 0.15) is 0 Å². The van der Waals surface area contributed by atoms with Gasteiger partial charge in [-0.05, 0) is 38.8 Å². The number of nitrogens with zero attached hydrogens (tertiary/aromatic N) is 3. The summed E-state index contributed by atoms with van der Waals surface area (Å²) < 4.78 is 2.11. The summed E-state index contributed by atoms with van der Waals surface area (Å²) in [6.45, 7) is 8.99. The number of carbonyl (C=O) groups excluding carboxylic acids is 1. The highest BCUT2D eigenvalue weighted by Gasteiger charge is 2.20. The van der Waals surface area contributed by atoms with Crippen LogP contribution in [0.1, 0.15) is 35.9 Å². The summed E-state index contributed by atoms with van der Waals surface area (Å²) in [5.41, 5.74) is 3.46. The van der Waals surface area contributed by atoms with Crippen molar-refractivity contribution in [1.82, 2.24) is 20.1 Å². The number of thioether (sulfide) groups is 1. The lowest BCUT2D eigenvalue weighted by molar-refractivity contribution is -0.118. The molecule has 0 saturated heterocycles. The molecule has 5 nitrogen and oxygen atoms in total. The molecule has 2 heterocycles. The average Bonchev–Trinajstić information content (AvgIpc) is 3.23. The van der Waals surface area contributed by atoms with E-state index in [2.05, 4.69) is 53.2 Å². The summed E-state index contributed by atoms with van der Waals surface area (Å²) in [5.74, 6) is 1.18. The normalized spacial score (nSPS) is 11.1. The first-order valence-electron chi connectivity index (χ1n) is 8.90. The summed E-state index contributed by atoms with van der Waals surface area (Å²) in [5, 5.41) is 14.6. The molecular formula is C20H24N4OS2. The standard InChI is InChI=1S/C20H24N4OS2/c1-13(2)24-19(17-11-26-15(4)14(17)3)22-23-20(24)27-12-18(25)21-10-16-8-6-5-7-9-16/h5-9,11,13H,10,12H2,1-4H3,(H,21,25). The third-order valence-electron chi connectivity index (χ3n) is 4.37. The summed E-state index contributed by atoms with van der Waals surface area (Å²) in [6, 6.07) is 10.1.